The monoisotopic (exact) mass is 312 g/mol. The first-order chi connectivity index (χ1) is 11.1. The van der Waals surface area contributed by atoms with E-state index in [1.54, 1.807) is 11.5 Å². The van der Waals surface area contributed by atoms with Crippen LogP contribution in [0.15, 0.2) is 39.6 Å². The zero-order valence-electron chi connectivity index (χ0n) is 13.3. The van der Waals surface area contributed by atoms with Crippen molar-refractivity contribution < 1.29 is 4.52 Å². The Bertz CT molecular complexity index is 867. The molecular weight excluding hydrogens is 292 g/mol. The van der Waals surface area contributed by atoms with Crippen LogP contribution in [0.3, 0.4) is 0 Å². The quantitative estimate of drug-likeness (QED) is 0.777. The van der Waals surface area contributed by atoms with Gasteiger partial charge in [-0.3, -0.25) is 9.36 Å². The average molecular weight is 312 g/mol. The Labute approximate surface area is 133 Å². The van der Waals surface area contributed by atoms with Crippen LogP contribution in [0.1, 0.15) is 24.0 Å². The minimum Gasteiger partial charge on any atom is -0.335 e. The summed E-state index contributed by atoms with van der Waals surface area (Å²) in [4.78, 5) is 17.4. The van der Waals surface area contributed by atoms with Crippen molar-refractivity contribution in [2.24, 2.45) is 11.7 Å². The molecule has 1 unspecified atom stereocenters. The maximum atomic E-state index is 12.9. The molecule has 120 valence electrons. The maximum absolute atomic E-state index is 12.9. The lowest BCUT2D eigenvalue weighted by molar-refractivity contribution is 0.438. The third-order valence-corrected chi connectivity index (χ3v) is 3.96. The van der Waals surface area contributed by atoms with Gasteiger partial charge in [0.2, 0.25) is 0 Å². The minimum absolute atomic E-state index is 0.114. The summed E-state index contributed by atoms with van der Waals surface area (Å²) in [7, 11) is 0. The van der Waals surface area contributed by atoms with Crippen molar-refractivity contribution in [1.29, 1.82) is 0 Å². The van der Waals surface area contributed by atoms with Crippen LogP contribution in [-0.4, -0.2) is 21.3 Å². The number of fused-ring (bicyclic) bond motifs is 1. The molecule has 0 fully saturated rings. The number of nitrogens with two attached hydrogens (primary N) is 1. The second-order valence-corrected chi connectivity index (χ2v) is 5.90. The summed E-state index contributed by atoms with van der Waals surface area (Å²) in [6.07, 6.45) is 0.619. The van der Waals surface area contributed by atoms with Gasteiger partial charge in [0.15, 0.2) is 0 Å². The van der Waals surface area contributed by atoms with Crippen molar-refractivity contribution in [3.63, 3.8) is 0 Å². The second-order valence-electron chi connectivity index (χ2n) is 5.90. The Morgan fingerprint density at radius 1 is 1.30 bits per heavy atom. The zero-order chi connectivity index (χ0) is 16.4. The van der Waals surface area contributed by atoms with Gasteiger partial charge in [0.1, 0.15) is 11.2 Å². The van der Waals surface area contributed by atoms with Crippen LogP contribution in [-0.2, 0) is 13.0 Å². The molecule has 0 radical (unpaired) electrons. The van der Waals surface area contributed by atoms with Crippen LogP contribution >= 0.6 is 0 Å². The fourth-order valence-electron chi connectivity index (χ4n) is 2.59. The molecule has 0 aliphatic heterocycles. The summed E-state index contributed by atoms with van der Waals surface area (Å²) in [5.41, 5.74) is 7.53. The predicted octanol–water partition coefficient (Wildman–Crippen LogP) is 1.88. The van der Waals surface area contributed by atoms with Crippen LogP contribution in [0, 0.1) is 12.8 Å². The van der Waals surface area contributed by atoms with Crippen molar-refractivity contribution in [3.05, 3.63) is 57.8 Å². The number of nitrogens with zero attached hydrogens (tertiary/aromatic N) is 3. The minimum atomic E-state index is -0.114. The first kappa shape index (κ1) is 15.4. The van der Waals surface area contributed by atoms with Gasteiger partial charge in [0.05, 0.1) is 12.2 Å². The van der Waals surface area contributed by atoms with Gasteiger partial charge in [-0.25, -0.2) is 0 Å². The summed E-state index contributed by atoms with van der Waals surface area (Å²) in [6, 6.07) is 9.86. The van der Waals surface area contributed by atoms with Crippen molar-refractivity contribution in [2.75, 3.05) is 6.54 Å². The summed E-state index contributed by atoms with van der Waals surface area (Å²) in [5, 5.41) is 4.32. The zero-order valence-corrected chi connectivity index (χ0v) is 13.3. The number of aromatic nitrogens is 3. The van der Waals surface area contributed by atoms with E-state index in [1.807, 2.05) is 37.3 Å². The highest BCUT2D eigenvalue weighted by Gasteiger charge is 2.18. The summed E-state index contributed by atoms with van der Waals surface area (Å²) in [5.74, 6) is 0.908. The smallest absolute Gasteiger partial charge is 0.267 e. The van der Waals surface area contributed by atoms with E-state index in [2.05, 4.69) is 10.1 Å². The fraction of sp³-hybridized carbons (Fsp3) is 0.353. The van der Waals surface area contributed by atoms with E-state index in [-0.39, 0.29) is 11.5 Å². The lowest BCUT2D eigenvalue weighted by Gasteiger charge is -2.14. The van der Waals surface area contributed by atoms with Crippen molar-refractivity contribution in [1.82, 2.24) is 14.7 Å². The largest absolute Gasteiger partial charge is 0.335 e. The standard InChI is InChI=1S/C17H20N4O2/c1-11(9-18)8-14-19-16-15(12(2)20-23-16)17(22)21(14)10-13-6-4-3-5-7-13/h3-7,11H,8-10,18H2,1-2H3. The molecule has 1 atom stereocenters. The maximum Gasteiger partial charge on any atom is 0.267 e. The van der Waals surface area contributed by atoms with E-state index >= 15 is 0 Å². The Balaban J connectivity index is 2.14. The molecule has 2 aromatic heterocycles. The summed E-state index contributed by atoms with van der Waals surface area (Å²) in [6.45, 7) is 4.80. The van der Waals surface area contributed by atoms with Gasteiger partial charge >= 0.3 is 0 Å². The molecule has 6 heteroatoms. The highest BCUT2D eigenvalue weighted by molar-refractivity contribution is 5.74. The summed E-state index contributed by atoms with van der Waals surface area (Å²) < 4.78 is 6.89. The van der Waals surface area contributed by atoms with Crippen LogP contribution in [0.2, 0.25) is 0 Å². The van der Waals surface area contributed by atoms with Crippen molar-refractivity contribution in [3.8, 4) is 0 Å². The van der Waals surface area contributed by atoms with Crippen molar-refractivity contribution >= 4 is 11.1 Å². The third-order valence-electron chi connectivity index (χ3n) is 3.96. The number of benzene rings is 1. The molecule has 3 aromatic rings. The van der Waals surface area contributed by atoms with Gasteiger partial charge < -0.3 is 10.3 Å². The molecule has 6 nitrogen and oxygen atoms in total. The SMILES string of the molecule is Cc1noc2nc(CC(C)CN)n(Cc3ccccc3)c(=O)c12. The molecule has 0 spiro atoms. The van der Waals surface area contributed by atoms with Gasteiger partial charge in [0.25, 0.3) is 11.3 Å². The van der Waals surface area contributed by atoms with E-state index < -0.39 is 0 Å². The van der Waals surface area contributed by atoms with Crippen LogP contribution in [0.4, 0.5) is 0 Å². The van der Waals surface area contributed by atoms with E-state index in [4.69, 9.17) is 10.3 Å². The molecular formula is C17H20N4O2. The Kier molecular flexibility index (Phi) is 4.25. The number of rotatable bonds is 5. The predicted molar refractivity (Wildman–Crippen MR) is 88.3 cm³/mol. The molecule has 0 bridgehead atoms. The van der Waals surface area contributed by atoms with Crippen LogP contribution in [0.25, 0.3) is 11.1 Å². The highest BCUT2D eigenvalue weighted by Crippen LogP contribution is 2.15. The summed E-state index contributed by atoms with van der Waals surface area (Å²) >= 11 is 0. The Morgan fingerprint density at radius 3 is 2.74 bits per heavy atom. The topological polar surface area (TPSA) is 86.9 Å². The molecule has 0 aliphatic rings. The lowest BCUT2D eigenvalue weighted by atomic mass is 10.1. The van der Waals surface area contributed by atoms with Gasteiger partial charge in [0, 0.05) is 6.42 Å². The number of hydrogen-bond acceptors (Lipinski definition) is 5. The first-order valence-electron chi connectivity index (χ1n) is 7.69. The fourth-order valence-corrected chi connectivity index (χ4v) is 2.59. The molecule has 0 saturated carbocycles. The van der Waals surface area contributed by atoms with Gasteiger partial charge in [-0.15, -0.1) is 0 Å². The molecule has 0 saturated heterocycles. The second kappa shape index (κ2) is 6.34. The molecule has 3 rings (SSSR count). The average Bonchev–Trinajstić information content (AvgIpc) is 2.93. The highest BCUT2D eigenvalue weighted by atomic mass is 16.5. The first-order valence-corrected chi connectivity index (χ1v) is 7.69. The van der Waals surface area contributed by atoms with Gasteiger partial charge in [-0.2, -0.15) is 4.98 Å². The van der Waals surface area contributed by atoms with Gasteiger partial charge in [-0.05, 0) is 24.9 Å². The molecule has 2 N–H and O–H groups in total. The third kappa shape index (κ3) is 3.03. The van der Waals surface area contributed by atoms with Crippen LogP contribution < -0.4 is 11.3 Å². The lowest BCUT2D eigenvalue weighted by Crippen LogP contribution is -2.28. The normalized spacial score (nSPS) is 12.7. The van der Waals surface area contributed by atoms with E-state index in [9.17, 15) is 4.79 Å². The molecule has 0 amide bonds. The van der Waals surface area contributed by atoms with Crippen molar-refractivity contribution in [2.45, 2.75) is 26.8 Å². The Hall–Kier alpha value is -2.47. The molecule has 2 heterocycles. The molecule has 0 aliphatic carbocycles. The molecule has 1 aromatic carbocycles. The van der Waals surface area contributed by atoms with E-state index in [0.717, 1.165) is 5.56 Å². The van der Waals surface area contributed by atoms with E-state index in [0.29, 0.717) is 42.1 Å². The van der Waals surface area contributed by atoms with Gasteiger partial charge in [-0.1, -0.05) is 42.4 Å². The van der Waals surface area contributed by atoms with E-state index in [1.165, 1.54) is 0 Å². The molecule has 23 heavy (non-hydrogen) atoms. The number of aryl methyl sites for hydroxylation is 1. The Morgan fingerprint density at radius 2 is 2.04 bits per heavy atom. The number of hydrogen-bond donors (Lipinski definition) is 1. The van der Waals surface area contributed by atoms with Crippen LogP contribution in [0.5, 0.6) is 0 Å².